The smallest absolute Gasteiger partial charge is 0.208 e. The Morgan fingerprint density at radius 2 is 1.95 bits per heavy atom. The maximum absolute atomic E-state index is 8.90. The third-order valence-corrected chi connectivity index (χ3v) is 3.92. The van der Waals surface area contributed by atoms with E-state index in [9.17, 15) is 0 Å². The highest BCUT2D eigenvalue weighted by molar-refractivity contribution is 5.80. The van der Waals surface area contributed by atoms with E-state index in [1.807, 2.05) is 0 Å². The average Bonchev–Trinajstić information content (AvgIpc) is 2.44. The summed E-state index contributed by atoms with van der Waals surface area (Å²) in [7, 11) is 0. The summed E-state index contributed by atoms with van der Waals surface area (Å²) < 4.78 is 0. The van der Waals surface area contributed by atoms with E-state index in [1.54, 1.807) is 0 Å². The number of rotatable bonds is 8. The summed E-state index contributed by atoms with van der Waals surface area (Å²) in [5.74, 6) is 6.55. The first-order valence-electron chi connectivity index (χ1n) is 7.59. The molecule has 1 heterocycles. The molecule has 0 aliphatic carbocycles. The molecule has 4 N–H and O–H groups in total. The number of nitrogens with one attached hydrogen (secondary N) is 1. The minimum atomic E-state index is 0.0496. The van der Waals surface area contributed by atoms with E-state index in [1.165, 1.54) is 43.5 Å². The van der Waals surface area contributed by atoms with E-state index >= 15 is 0 Å². The zero-order valence-electron chi connectivity index (χ0n) is 12.5. The first-order chi connectivity index (χ1) is 9.17. The van der Waals surface area contributed by atoms with Gasteiger partial charge in [-0.25, -0.2) is 5.84 Å². The predicted molar refractivity (Wildman–Crippen MR) is 79.8 cm³/mol. The second-order valence-electron chi connectivity index (χ2n) is 5.62. The van der Waals surface area contributed by atoms with Gasteiger partial charge in [0.05, 0.1) is 19.7 Å². The van der Waals surface area contributed by atoms with Gasteiger partial charge in [0.1, 0.15) is 0 Å². The van der Waals surface area contributed by atoms with Gasteiger partial charge in [0, 0.05) is 12.0 Å². The summed E-state index contributed by atoms with van der Waals surface area (Å²) in [6, 6.07) is 0. The lowest BCUT2D eigenvalue weighted by atomic mass is 9.77. The van der Waals surface area contributed by atoms with Crippen molar-refractivity contribution < 1.29 is 5.11 Å². The second kappa shape index (κ2) is 8.38. The highest BCUT2D eigenvalue weighted by atomic mass is 16.3. The summed E-state index contributed by atoms with van der Waals surface area (Å²) >= 11 is 0. The minimum absolute atomic E-state index is 0.0496. The molecular weight excluding hydrogens is 240 g/mol. The first-order valence-corrected chi connectivity index (χ1v) is 7.59. The lowest BCUT2D eigenvalue weighted by Gasteiger charge is -2.38. The van der Waals surface area contributed by atoms with Crippen LogP contribution in [-0.4, -0.2) is 42.3 Å². The van der Waals surface area contributed by atoms with Crippen molar-refractivity contribution in [3.63, 3.8) is 0 Å². The maximum Gasteiger partial charge on any atom is 0.208 e. The van der Waals surface area contributed by atoms with Gasteiger partial charge < -0.3 is 10.4 Å². The predicted octanol–water partition coefficient (Wildman–Crippen LogP) is 1.48. The van der Waals surface area contributed by atoms with Crippen molar-refractivity contribution in [3.8, 4) is 0 Å². The molecule has 0 saturated carbocycles. The normalized spacial score (nSPS) is 17.8. The van der Waals surface area contributed by atoms with Gasteiger partial charge in [-0.15, -0.1) is 0 Å². The zero-order chi connectivity index (χ0) is 14.1. The fraction of sp³-hybridized carbons (Fsp3) is 0.929. The van der Waals surface area contributed by atoms with Gasteiger partial charge in [-0.1, -0.05) is 39.5 Å². The van der Waals surface area contributed by atoms with E-state index in [4.69, 9.17) is 10.9 Å². The standard InChI is InChI=1S/C14H30N4O/c1-3-5-7-14(8-6-4-2)11-16-13(17-12-14)18(15)9-10-19/h19H,3-12,15H2,1-2H3,(H,16,17). The monoisotopic (exact) mass is 270 g/mol. The molecular formula is C14H30N4O. The molecule has 0 aromatic heterocycles. The lowest BCUT2D eigenvalue weighted by Crippen LogP contribution is -2.54. The van der Waals surface area contributed by atoms with Crippen LogP contribution in [0.2, 0.25) is 0 Å². The number of aliphatic hydroxyl groups excluding tert-OH is 1. The molecule has 0 unspecified atom stereocenters. The lowest BCUT2D eigenvalue weighted by molar-refractivity contribution is 0.210. The van der Waals surface area contributed by atoms with Gasteiger partial charge >= 0.3 is 0 Å². The summed E-state index contributed by atoms with van der Waals surface area (Å²) in [4.78, 5) is 4.60. The Morgan fingerprint density at radius 1 is 1.32 bits per heavy atom. The van der Waals surface area contributed by atoms with Gasteiger partial charge in [0.2, 0.25) is 5.96 Å². The summed E-state index contributed by atoms with van der Waals surface area (Å²) in [6.07, 6.45) is 7.46. The minimum Gasteiger partial charge on any atom is -0.394 e. The molecule has 1 rings (SSSR count). The largest absolute Gasteiger partial charge is 0.394 e. The van der Waals surface area contributed by atoms with Crippen LogP contribution in [0.4, 0.5) is 0 Å². The molecule has 5 nitrogen and oxygen atoms in total. The van der Waals surface area contributed by atoms with Crippen molar-refractivity contribution in [1.82, 2.24) is 10.3 Å². The van der Waals surface area contributed by atoms with Gasteiger partial charge in [0.15, 0.2) is 0 Å². The third-order valence-electron chi connectivity index (χ3n) is 3.92. The average molecular weight is 270 g/mol. The molecule has 0 saturated heterocycles. The number of hydrogen-bond donors (Lipinski definition) is 3. The molecule has 0 aromatic rings. The van der Waals surface area contributed by atoms with Crippen LogP contribution in [0.3, 0.4) is 0 Å². The molecule has 19 heavy (non-hydrogen) atoms. The van der Waals surface area contributed by atoms with Crippen molar-refractivity contribution in [2.75, 3.05) is 26.2 Å². The molecule has 0 bridgehead atoms. The van der Waals surface area contributed by atoms with Crippen LogP contribution in [0.5, 0.6) is 0 Å². The maximum atomic E-state index is 8.90. The van der Waals surface area contributed by atoms with Crippen LogP contribution in [-0.2, 0) is 0 Å². The molecule has 0 aromatic carbocycles. The van der Waals surface area contributed by atoms with E-state index < -0.39 is 0 Å². The van der Waals surface area contributed by atoms with Gasteiger partial charge in [-0.05, 0) is 12.8 Å². The van der Waals surface area contributed by atoms with Crippen LogP contribution in [0.25, 0.3) is 0 Å². The van der Waals surface area contributed by atoms with Gasteiger partial charge in [0.25, 0.3) is 0 Å². The van der Waals surface area contributed by atoms with Crippen molar-refractivity contribution >= 4 is 5.96 Å². The van der Waals surface area contributed by atoms with Crippen LogP contribution in [0.15, 0.2) is 4.99 Å². The van der Waals surface area contributed by atoms with E-state index in [-0.39, 0.29) is 6.61 Å². The van der Waals surface area contributed by atoms with Crippen LogP contribution in [0.1, 0.15) is 52.4 Å². The highest BCUT2D eigenvalue weighted by Crippen LogP contribution is 2.32. The van der Waals surface area contributed by atoms with Crippen LogP contribution < -0.4 is 11.2 Å². The Kier molecular flexibility index (Phi) is 7.16. The Bertz CT molecular complexity index is 273. The van der Waals surface area contributed by atoms with Crippen LogP contribution >= 0.6 is 0 Å². The Labute approximate surface area is 117 Å². The number of aliphatic imine (C=N–C) groups is 1. The molecule has 0 atom stereocenters. The second-order valence-corrected chi connectivity index (χ2v) is 5.62. The van der Waals surface area contributed by atoms with E-state index in [0.717, 1.165) is 19.0 Å². The number of aliphatic hydroxyl groups is 1. The number of guanidine groups is 1. The van der Waals surface area contributed by atoms with Crippen molar-refractivity contribution in [3.05, 3.63) is 0 Å². The molecule has 0 spiro atoms. The number of unbranched alkanes of at least 4 members (excludes halogenated alkanes) is 2. The number of hydrazine groups is 1. The molecule has 0 amide bonds. The number of hydrogen-bond acceptors (Lipinski definition) is 5. The molecule has 112 valence electrons. The molecule has 5 heteroatoms. The Balaban J connectivity index is 2.60. The summed E-state index contributed by atoms with van der Waals surface area (Å²) in [5.41, 5.74) is 0.301. The zero-order valence-corrected chi connectivity index (χ0v) is 12.5. The van der Waals surface area contributed by atoms with Crippen LogP contribution in [0, 0.1) is 5.41 Å². The fourth-order valence-electron chi connectivity index (χ4n) is 2.59. The summed E-state index contributed by atoms with van der Waals surface area (Å²) in [6.45, 7) is 6.75. The quantitative estimate of drug-likeness (QED) is 0.461. The molecule has 1 aliphatic rings. The van der Waals surface area contributed by atoms with Crippen molar-refractivity contribution in [2.24, 2.45) is 16.3 Å². The Morgan fingerprint density at radius 3 is 2.37 bits per heavy atom. The van der Waals surface area contributed by atoms with E-state index in [0.29, 0.717) is 12.0 Å². The number of nitrogens with zero attached hydrogens (tertiary/aromatic N) is 2. The Hall–Kier alpha value is -0.810. The molecule has 1 aliphatic heterocycles. The summed E-state index contributed by atoms with van der Waals surface area (Å²) in [5, 5.41) is 13.8. The van der Waals surface area contributed by atoms with Crippen molar-refractivity contribution in [1.29, 1.82) is 0 Å². The van der Waals surface area contributed by atoms with Gasteiger partial charge in [-0.3, -0.25) is 10.0 Å². The topological polar surface area (TPSA) is 73.9 Å². The van der Waals surface area contributed by atoms with Gasteiger partial charge in [-0.2, -0.15) is 0 Å². The number of nitrogens with two attached hydrogens (primary N) is 1. The highest BCUT2D eigenvalue weighted by Gasteiger charge is 2.32. The first kappa shape index (κ1) is 16.2. The van der Waals surface area contributed by atoms with Crippen molar-refractivity contribution in [2.45, 2.75) is 52.4 Å². The molecule has 0 fully saturated rings. The fourth-order valence-corrected chi connectivity index (χ4v) is 2.59. The third kappa shape index (κ3) is 4.99. The van der Waals surface area contributed by atoms with E-state index in [2.05, 4.69) is 24.2 Å². The molecule has 0 radical (unpaired) electrons. The SMILES string of the molecule is CCCCC1(CCCC)CN=C(N(N)CCO)NC1.